The van der Waals surface area contributed by atoms with Crippen molar-refractivity contribution in [3.63, 3.8) is 0 Å². The van der Waals surface area contributed by atoms with Crippen LogP contribution in [0.25, 0.3) is 10.9 Å². The highest BCUT2D eigenvalue weighted by Gasteiger charge is 2.04. The third-order valence-corrected chi connectivity index (χ3v) is 2.16. The van der Waals surface area contributed by atoms with Crippen molar-refractivity contribution in [2.24, 2.45) is 0 Å². The molecule has 0 fully saturated rings. The number of nitrogens with two attached hydrogens (primary N) is 1. The van der Waals surface area contributed by atoms with Crippen LogP contribution in [0.5, 0.6) is 0 Å². The van der Waals surface area contributed by atoms with Crippen molar-refractivity contribution in [2.75, 3.05) is 5.73 Å². The Labute approximate surface area is 75.8 Å². The second kappa shape index (κ2) is 2.53. The van der Waals surface area contributed by atoms with Crippen LogP contribution in [0.3, 0.4) is 0 Å². The quantitative estimate of drug-likeness (QED) is 0.595. The molecular formula is C10H9N3. The van der Waals surface area contributed by atoms with Crippen LogP contribution in [-0.2, 0) is 0 Å². The fraction of sp³-hybridized carbons (Fsp3) is 0.100. The Morgan fingerprint density at radius 3 is 2.85 bits per heavy atom. The van der Waals surface area contributed by atoms with Gasteiger partial charge in [0.1, 0.15) is 11.8 Å². The Balaban J connectivity index is 2.90. The zero-order valence-corrected chi connectivity index (χ0v) is 7.26. The Hall–Kier alpha value is -1.95. The SMILES string of the molecule is Cc1ccc(N)c2[nH]c(C#N)cc12. The van der Waals surface area contributed by atoms with Gasteiger partial charge in [-0.2, -0.15) is 5.26 Å². The Kier molecular flexibility index (Phi) is 1.49. The first kappa shape index (κ1) is 7.69. The average molecular weight is 171 g/mol. The Bertz CT molecular complexity index is 464. The molecule has 2 rings (SSSR count). The molecule has 0 unspecified atom stereocenters. The molecule has 0 saturated carbocycles. The van der Waals surface area contributed by atoms with E-state index in [1.807, 2.05) is 25.1 Å². The summed E-state index contributed by atoms with van der Waals surface area (Å²) in [5.74, 6) is 0. The number of nitrogens with zero attached hydrogens (tertiary/aromatic N) is 1. The van der Waals surface area contributed by atoms with Crippen LogP contribution in [-0.4, -0.2) is 4.98 Å². The summed E-state index contributed by atoms with van der Waals surface area (Å²) in [6, 6.07) is 7.67. The summed E-state index contributed by atoms with van der Waals surface area (Å²) in [4.78, 5) is 2.97. The van der Waals surface area contributed by atoms with Gasteiger partial charge in [0.25, 0.3) is 0 Å². The molecule has 1 aromatic carbocycles. The molecule has 13 heavy (non-hydrogen) atoms. The van der Waals surface area contributed by atoms with Crippen LogP contribution >= 0.6 is 0 Å². The minimum atomic E-state index is 0.552. The third-order valence-electron chi connectivity index (χ3n) is 2.16. The molecule has 0 spiro atoms. The molecule has 0 bridgehead atoms. The number of hydrogen-bond acceptors (Lipinski definition) is 2. The second-order valence-electron chi connectivity index (χ2n) is 3.06. The third kappa shape index (κ3) is 1.04. The number of anilines is 1. The van der Waals surface area contributed by atoms with Crippen LogP contribution in [0.15, 0.2) is 18.2 Å². The molecule has 2 aromatic rings. The summed E-state index contributed by atoms with van der Waals surface area (Å²) in [7, 11) is 0. The molecule has 1 aromatic heterocycles. The van der Waals surface area contributed by atoms with Gasteiger partial charge in [0.15, 0.2) is 0 Å². The van der Waals surface area contributed by atoms with Crippen LogP contribution < -0.4 is 5.73 Å². The van der Waals surface area contributed by atoms with Gasteiger partial charge in [-0.15, -0.1) is 0 Å². The molecule has 0 atom stereocenters. The lowest BCUT2D eigenvalue weighted by Gasteiger charge is -1.98. The molecule has 0 aliphatic heterocycles. The summed E-state index contributed by atoms with van der Waals surface area (Å²) in [5.41, 5.74) is 8.97. The van der Waals surface area contributed by atoms with Gasteiger partial charge in [-0.3, -0.25) is 0 Å². The van der Waals surface area contributed by atoms with Crippen LogP contribution in [0.2, 0.25) is 0 Å². The highest BCUT2D eigenvalue weighted by molar-refractivity contribution is 5.93. The minimum absolute atomic E-state index is 0.552. The molecule has 1 heterocycles. The van der Waals surface area contributed by atoms with Crippen molar-refractivity contribution in [3.05, 3.63) is 29.5 Å². The number of aryl methyl sites for hydroxylation is 1. The second-order valence-corrected chi connectivity index (χ2v) is 3.06. The van der Waals surface area contributed by atoms with Gasteiger partial charge in [-0.1, -0.05) is 6.07 Å². The maximum atomic E-state index is 8.70. The van der Waals surface area contributed by atoms with Gasteiger partial charge < -0.3 is 10.7 Å². The molecule has 0 aliphatic carbocycles. The number of nitriles is 1. The first-order chi connectivity index (χ1) is 6.22. The van der Waals surface area contributed by atoms with E-state index < -0.39 is 0 Å². The Morgan fingerprint density at radius 1 is 1.46 bits per heavy atom. The summed E-state index contributed by atoms with van der Waals surface area (Å²) >= 11 is 0. The maximum absolute atomic E-state index is 8.70. The van der Waals surface area contributed by atoms with Gasteiger partial charge in [0.05, 0.1) is 11.2 Å². The van der Waals surface area contributed by atoms with Crippen LogP contribution in [0.1, 0.15) is 11.3 Å². The minimum Gasteiger partial charge on any atom is -0.397 e. The van der Waals surface area contributed by atoms with E-state index in [2.05, 4.69) is 11.1 Å². The first-order valence-corrected chi connectivity index (χ1v) is 4.00. The number of fused-ring (bicyclic) bond motifs is 1. The lowest BCUT2D eigenvalue weighted by atomic mass is 10.1. The van der Waals surface area contributed by atoms with Crippen LogP contribution in [0, 0.1) is 18.3 Å². The van der Waals surface area contributed by atoms with Crippen molar-refractivity contribution < 1.29 is 0 Å². The smallest absolute Gasteiger partial charge is 0.118 e. The summed E-state index contributed by atoms with van der Waals surface area (Å²) in [6.07, 6.45) is 0. The highest BCUT2D eigenvalue weighted by Crippen LogP contribution is 2.24. The van der Waals surface area contributed by atoms with Gasteiger partial charge in [0.2, 0.25) is 0 Å². The number of benzene rings is 1. The number of nitrogens with one attached hydrogen (secondary N) is 1. The molecule has 3 heteroatoms. The normalized spacial score (nSPS) is 10.2. The van der Waals surface area contributed by atoms with E-state index in [1.165, 1.54) is 0 Å². The largest absolute Gasteiger partial charge is 0.397 e. The molecule has 64 valence electrons. The Morgan fingerprint density at radius 2 is 2.23 bits per heavy atom. The summed E-state index contributed by atoms with van der Waals surface area (Å²) in [6.45, 7) is 2.00. The molecule has 0 radical (unpaired) electrons. The summed E-state index contributed by atoms with van der Waals surface area (Å²) in [5, 5.41) is 9.72. The van der Waals surface area contributed by atoms with Gasteiger partial charge in [0, 0.05) is 5.39 Å². The predicted octanol–water partition coefficient (Wildman–Crippen LogP) is 1.93. The first-order valence-electron chi connectivity index (χ1n) is 4.00. The number of aromatic amines is 1. The summed E-state index contributed by atoms with van der Waals surface area (Å²) < 4.78 is 0. The van der Waals surface area contributed by atoms with E-state index >= 15 is 0 Å². The predicted molar refractivity (Wildman–Crippen MR) is 52.2 cm³/mol. The number of aromatic nitrogens is 1. The van der Waals surface area contributed by atoms with E-state index in [4.69, 9.17) is 11.0 Å². The number of nitrogen functional groups attached to an aromatic ring is 1. The standard InChI is InChI=1S/C10H9N3/c1-6-2-3-9(12)10-8(6)4-7(5-11)13-10/h2-4,13H,12H2,1H3. The van der Waals surface area contributed by atoms with Gasteiger partial charge in [-0.25, -0.2) is 0 Å². The molecule has 0 saturated heterocycles. The van der Waals surface area contributed by atoms with Crippen LogP contribution in [0.4, 0.5) is 5.69 Å². The molecular weight excluding hydrogens is 162 g/mol. The fourth-order valence-electron chi connectivity index (χ4n) is 1.44. The van der Waals surface area contributed by atoms with Crippen molar-refractivity contribution in [1.82, 2.24) is 4.98 Å². The molecule has 0 aliphatic rings. The monoisotopic (exact) mass is 171 g/mol. The van der Waals surface area contributed by atoms with E-state index in [9.17, 15) is 0 Å². The topological polar surface area (TPSA) is 65.6 Å². The lowest BCUT2D eigenvalue weighted by molar-refractivity contribution is 1.37. The van der Waals surface area contributed by atoms with Crippen molar-refractivity contribution in [1.29, 1.82) is 5.26 Å². The maximum Gasteiger partial charge on any atom is 0.118 e. The van der Waals surface area contributed by atoms with Crippen molar-refractivity contribution in [3.8, 4) is 6.07 Å². The average Bonchev–Trinajstić information content (AvgIpc) is 2.56. The fourth-order valence-corrected chi connectivity index (χ4v) is 1.44. The molecule has 0 amide bonds. The zero-order chi connectivity index (χ0) is 9.42. The highest BCUT2D eigenvalue weighted by atomic mass is 14.7. The zero-order valence-electron chi connectivity index (χ0n) is 7.26. The van der Waals surface area contributed by atoms with Crippen molar-refractivity contribution in [2.45, 2.75) is 6.92 Å². The van der Waals surface area contributed by atoms with Gasteiger partial charge >= 0.3 is 0 Å². The lowest BCUT2D eigenvalue weighted by Crippen LogP contribution is -1.87. The van der Waals surface area contributed by atoms with E-state index in [0.717, 1.165) is 16.5 Å². The number of rotatable bonds is 0. The van der Waals surface area contributed by atoms with E-state index in [0.29, 0.717) is 11.4 Å². The van der Waals surface area contributed by atoms with Crippen molar-refractivity contribution >= 4 is 16.6 Å². The number of H-pyrrole nitrogens is 1. The molecule has 3 N–H and O–H groups in total. The van der Waals surface area contributed by atoms with E-state index in [-0.39, 0.29) is 0 Å². The van der Waals surface area contributed by atoms with Gasteiger partial charge in [-0.05, 0) is 24.6 Å². The van der Waals surface area contributed by atoms with E-state index in [1.54, 1.807) is 0 Å². The number of hydrogen-bond donors (Lipinski definition) is 2. The molecule has 3 nitrogen and oxygen atoms in total.